The van der Waals surface area contributed by atoms with E-state index in [9.17, 15) is 14.4 Å². The van der Waals surface area contributed by atoms with Gasteiger partial charge in [-0.2, -0.15) is 0 Å². The number of thioether (sulfide) groups is 1. The van der Waals surface area contributed by atoms with Crippen molar-refractivity contribution in [2.45, 2.75) is 70.0 Å². The summed E-state index contributed by atoms with van der Waals surface area (Å²) < 4.78 is 5.14. The third-order valence-corrected chi connectivity index (χ3v) is 8.59. The molecule has 0 N–H and O–H groups in total. The van der Waals surface area contributed by atoms with Crippen LogP contribution in [0.3, 0.4) is 0 Å². The molecule has 2 unspecified atom stereocenters. The van der Waals surface area contributed by atoms with Crippen molar-refractivity contribution in [3.05, 3.63) is 11.2 Å². The first-order chi connectivity index (χ1) is 17.9. The number of halogens is 1. The van der Waals surface area contributed by atoms with E-state index in [1.54, 1.807) is 17.9 Å². The van der Waals surface area contributed by atoms with Crippen molar-refractivity contribution in [3.8, 4) is 0 Å². The molecule has 9 nitrogen and oxygen atoms in total. The van der Waals surface area contributed by atoms with Crippen molar-refractivity contribution in [1.29, 1.82) is 0 Å². The Balaban J connectivity index is 1.32. The summed E-state index contributed by atoms with van der Waals surface area (Å²) in [6, 6.07) is 1.83. The van der Waals surface area contributed by atoms with Crippen molar-refractivity contribution in [2.75, 3.05) is 50.0 Å². The molecule has 2 amide bonds. The standard InChI is InChI=1S/C26H38ClN5O4S/c1-3-36-25(35)20-10-7-11-31(16-20)23(33)17-37-26-28-21(27)14-22(29-26)30-12-13-32(18(2)15-30)24(34)19-8-5-4-6-9-19/h14,18-20H,3-13,15-17H2,1-2H3. The van der Waals surface area contributed by atoms with Crippen LogP contribution in [0.15, 0.2) is 11.2 Å². The zero-order chi connectivity index (χ0) is 26.4. The van der Waals surface area contributed by atoms with E-state index < -0.39 is 0 Å². The Morgan fingerprint density at radius 3 is 2.51 bits per heavy atom. The van der Waals surface area contributed by atoms with E-state index in [0.29, 0.717) is 61.4 Å². The third-order valence-electron chi connectivity index (χ3n) is 7.57. The lowest BCUT2D eigenvalue weighted by Gasteiger charge is -2.42. The lowest BCUT2D eigenvalue weighted by molar-refractivity contribution is -0.151. The average molecular weight is 552 g/mol. The van der Waals surface area contributed by atoms with E-state index in [4.69, 9.17) is 16.3 Å². The minimum Gasteiger partial charge on any atom is -0.466 e. The molecule has 11 heteroatoms. The highest BCUT2D eigenvalue weighted by Crippen LogP contribution is 2.29. The monoisotopic (exact) mass is 551 g/mol. The van der Waals surface area contributed by atoms with Gasteiger partial charge in [-0.05, 0) is 39.5 Å². The lowest BCUT2D eigenvalue weighted by atomic mass is 9.88. The van der Waals surface area contributed by atoms with Crippen molar-refractivity contribution in [2.24, 2.45) is 11.8 Å². The first-order valence-electron chi connectivity index (χ1n) is 13.5. The number of piperidine rings is 1. The average Bonchev–Trinajstić information content (AvgIpc) is 2.91. The number of piperazine rings is 1. The van der Waals surface area contributed by atoms with Gasteiger partial charge in [-0.1, -0.05) is 42.6 Å². The maximum absolute atomic E-state index is 13.1. The lowest BCUT2D eigenvalue weighted by Crippen LogP contribution is -2.55. The zero-order valence-electron chi connectivity index (χ0n) is 21.9. The molecular weight excluding hydrogens is 514 g/mol. The van der Waals surface area contributed by atoms with Gasteiger partial charge in [0.05, 0.1) is 18.3 Å². The quantitative estimate of drug-likeness (QED) is 0.219. The highest BCUT2D eigenvalue weighted by molar-refractivity contribution is 7.99. The number of ether oxygens (including phenoxy) is 1. The highest BCUT2D eigenvalue weighted by atomic mass is 35.5. The fourth-order valence-electron chi connectivity index (χ4n) is 5.56. The Hall–Kier alpha value is -2.07. The molecule has 3 fully saturated rings. The minimum absolute atomic E-state index is 0.0485. The number of likely N-dealkylation sites (tertiary alicyclic amines) is 1. The third kappa shape index (κ3) is 7.28. The molecule has 4 rings (SSSR count). The van der Waals surface area contributed by atoms with Crippen molar-refractivity contribution < 1.29 is 19.1 Å². The van der Waals surface area contributed by atoms with Crippen LogP contribution >= 0.6 is 23.4 Å². The van der Waals surface area contributed by atoms with Crippen LogP contribution < -0.4 is 4.90 Å². The number of carbonyl (C=O) groups is 3. The van der Waals surface area contributed by atoms with Gasteiger partial charge in [-0.15, -0.1) is 0 Å². The molecule has 3 aliphatic rings. The van der Waals surface area contributed by atoms with Crippen LogP contribution in [-0.4, -0.2) is 88.7 Å². The predicted octanol–water partition coefficient (Wildman–Crippen LogP) is 3.64. The molecular formula is C26H38ClN5O4S. The largest absolute Gasteiger partial charge is 0.466 e. The molecule has 2 atom stereocenters. The summed E-state index contributed by atoms with van der Waals surface area (Å²) in [7, 11) is 0. The van der Waals surface area contributed by atoms with E-state index >= 15 is 0 Å². The summed E-state index contributed by atoms with van der Waals surface area (Å²) in [6.45, 7) is 7.28. The summed E-state index contributed by atoms with van der Waals surface area (Å²) in [5.41, 5.74) is 0. The predicted molar refractivity (Wildman–Crippen MR) is 144 cm³/mol. The van der Waals surface area contributed by atoms with Gasteiger partial charge >= 0.3 is 5.97 Å². The van der Waals surface area contributed by atoms with E-state index in [1.165, 1.54) is 18.2 Å². The zero-order valence-corrected chi connectivity index (χ0v) is 23.4. The molecule has 37 heavy (non-hydrogen) atoms. The van der Waals surface area contributed by atoms with E-state index in [2.05, 4.69) is 21.8 Å². The maximum Gasteiger partial charge on any atom is 0.310 e. The molecule has 2 aliphatic heterocycles. The van der Waals surface area contributed by atoms with E-state index in [0.717, 1.165) is 38.5 Å². The van der Waals surface area contributed by atoms with Gasteiger partial charge in [0.25, 0.3) is 0 Å². The van der Waals surface area contributed by atoms with Gasteiger partial charge in [0.2, 0.25) is 11.8 Å². The molecule has 1 aromatic rings. The van der Waals surface area contributed by atoms with Crippen LogP contribution in [0.25, 0.3) is 0 Å². The van der Waals surface area contributed by atoms with E-state index in [1.807, 2.05) is 4.90 Å². The molecule has 0 bridgehead atoms. The molecule has 0 radical (unpaired) electrons. The van der Waals surface area contributed by atoms with Gasteiger partial charge in [-0.25, -0.2) is 9.97 Å². The van der Waals surface area contributed by atoms with Gasteiger partial charge < -0.3 is 19.4 Å². The number of nitrogens with zero attached hydrogens (tertiary/aromatic N) is 5. The smallest absolute Gasteiger partial charge is 0.310 e. The summed E-state index contributed by atoms with van der Waals surface area (Å²) in [5.74, 6) is 0.816. The van der Waals surface area contributed by atoms with Crippen LogP contribution in [0.5, 0.6) is 0 Å². The fourth-order valence-corrected chi connectivity index (χ4v) is 6.55. The summed E-state index contributed by atoms with van der Waals surface area (Å²) in [6.07, 6.45) is 7.08. The van der Waals surface area contributed by atoms with Crippen LogP contribution in [0.4, 0.5) is 5.82 Å². The molecule has 1 aliphatic carbocycles. The number of anilines is 1. The molecule has 204 valence electrons. The van der Waals surface area contributed by atoms with Crippen molar-refractivity contribution in [1.82, 2.24) is 19.8 Å². The first kappa shape index (κ1) is 28.0. The number of hydrogen-bond acceptors (Lipinski definition) is 8. The number of rotatable bonds is 7. The molecule has 3 heterocycles. The normalized spacial score (nSPS) is 23.2. The van der Waals surface area contributed by atoms with Crippen LogP contribution in [0.2, 0.25) is 5.15 Å². The van der Waals surface area contributed by atoms with Crippen LogP contribution in [0.1, 0.15) is 58.8 Å². The highest BCUT2D eigenvalue weighted by Gasteiger charge is 2.33. The first-order valence-corrected chi connectivity index (χ1v) is 14.9. The molecule has 1 saturated carbocycles. The molecule has 0 aromatic carbocycles. The number of hydrogen-bond donors (Lipinski definition) is 0. The SMILES string of the molecule is CCOC(=O)C1CCCN(C(=O)CSc2nc(Cl)cc(N3CCN(C(=O)C4CCCCC4)C(C)C3)n2)C1. The molecule has 2 saturated heterocycles. The fraction of sp³-hybridized carbons (Fsp3) is 0.731. The summed E-state index contributed by atoms with van der Waals surface area (Å²) >= 11 is 7.59. The second-order valence-electron chi connectivity index (χ2n) is 10.2. The second kappa shape index (κ2) is 13.1. The Bertz CT molecular complexity index is 976. The number of carbonyl (C=O) groups excluding carboxylic acids is 3. The van der Waals surface area contributed by atoms with Crippen LogP contribution in [-0.2, 0) is 19.1 Å². The van der Waals surface area contributed by atoms with Gasteiger partial charge in [0.15, 0.2) is 5.16 Å². The topological polar surface area (TPSA) is 95.9 Å². The van der Waals surface area contributed by atoms with Gasteiger partial charge in [0.1, 0.15) is 11.0 Å². The Kier molecular flexibility index (Phi) is 9.92. The minimum atomic E-state index is -0.262. The van der Waals surface area contributed by atoms with Gasteiger partial charge in [-0.3, -0.25) is 14.4 Å². The summed E-state index contributed by atoms with van der Waals surface area (Å²) in [4.78, 5) is 52.9. The Morgan fingerprint density at radius 2 is 1.78 bits per heavy atom. The number of esters is 1. The molecule has 0 spiro atoms. The van der Waals surface area contributed by atoms with Crippen molar-refractivity contribution in [3.63, 3.8) is 0 Å². The summed E-state index contributed by atoms with van der Waals surface area (Å²) in [5, 5.41) is 0.775. The Morgan fingerprint density at radius 1 is 1.03 bits per heavy atom. The second-order valence-corrected chi connectivity index (χ2v) is 11.5. The van der Waals surface area contributed by atoms with E-state index in [-0.39, 0.29) is 35.5 Å². The number of amides is 2. The molecule has 1 aromatic heterocycles. The number of aromatic nitrogens is 2. The maximum atomic E-state index is 13.1. The Labute approximate surface area is 228 Å². The van der Waals surface area contributed by atoms with Crippen molar-refractivity contribution >= 4 is 47.0 Å². The van der Waals surface area contributed by atoms with Gasteiger partial charge in [0, 0.05) is 50.7 Å². The van der Waals surface area contributed by atoms with Crippen LogP contribution in [0, 0.1) is 11.8 Å².